The van der Waals surface area contributed by atoms with Gasteiger partial charge in [-0.3, -0.25) is 9.59 Å². The van der Waals surface area contributed by atoms with Gasteiger partial charge >= 0.3 is 0 Å². The number of benzene rings is 2. The first-order valence-electron chi connectivity index (χ1n) is 7.50. The van der Waals surface area contributed by atoms with Crippen molar-refractivity contribution in [1.29, 1.82) is 0 Å². The molecule has 0 aliphatic heterocycles. The van der Waals surface area contributed by atoms with Crippen LogP contribution in [-0.4, -0.2) is 18.9 Å². The molecule has 2 aromatic carbocycles. The van der Waals surface area contributed by atoms with Crippen LogP contribution in [0.25, 0.3) is 0 Å². The zero-order chi connectivity index (χ0) is 17.7. The first kappa shape index (κ1) is 18.0. The van der Waals surface area contributed by atoms with E-state index in [1.54, 1.807) is 37.3 Å². The van der Waals surface area contributed by atoms with E-state index in [1.807, 2.05) is 13.0 Å². The third kappa shape index (κ3) is 4.35. The fourth-order valence-corrected chi connectivity index (χ4v) is 2.86. The second kappa shape index (κ2) is 7.97. The summed E-state index contributed by atoms with van der Waals surface area (Å²) < 4.78 is 6.14. The van der Waals surface area contributed by atoms with Crippen molar-refractivity contribution in [2.24, 2.45) is 0 Å². The summed E-state index contributed by atoms with van der Waals surface area (Å²) in [6.07, 6.45) is 0.394. The van der Waals surface area contributed by atoms with Crippen LogP contribution in [0.1, 0.15) is 29.3 Å². The van der Waals surface area contributed by atoms with Crippen LogP contribution in [0.3, 0.4) is 0 Å². The van der Waals surface area contributed by atoms with Crippen LogP contribution in [0.4, 0.5) is 11.4 Å². The fourth-order valence-electron chi connectivity index (χ4n) is 2.29. The zero-order valence-electron chi connectivity index (χ0n) is 13.8. The molecule has 0 aliphatic carbocycles. The molecule has 24 heavy (non-hydrogen) atoms. The molecule has 0 saturated carbocycles. The lowest BCUT2D eigenvalue weighted by atomic mass is 10.1. The second-order valence-corrected chi connectivity index (χ2v) is 6.16. The maximum absolute atomic E-state index is 12.6. The van der Waals surface area contributed by atoms with Crippen molar-refractivity contribution in [1.82, 2.24) is 0 Å². The van der Waals surface area contributed by atoms with Gasteiger partial charge in [0.05, 0.1) is 12.7 Å². The van der Waals surface area contributed by atoms with Gasteiger partial charge in [-0.15, -0.1) is 0 Å². The number of ether oxygens (including phenoxy) is 1. The lowest BCUT2D eigenvalue weighted by Gasteiger charge is -2.13. The van der Waals surface area contributed by atoms with E-state index in [-0.39, 0.29) is 11.8 Å². The number of carbonyl (C=O) groups excluding carboxylic acids is 2. The fraction of sp³-hybridized carbons (Fsp3) is 0.222. The number of nitrogens with one attached hydrogen (secondary N) is 2. The predicted octanol–water partition coefficient (Wildman–Crippen LogP) is 4.37. The van der Waals surface area contributed by atoms with Crippen LogP contribution in [0.2, 0.25) is 0 Å². The number of halogens is 1. The highest BCUT2D eigenvalue weighted by Gasteiger charge is 2.16. The minimum absolute atomic E-state index is 0.0808. The Hall–Kier alpha value is -2.34. The molecule has 2 amide bonds. The second-order valence-electron chi connectivity index (χ2n) is 5.24. The molecule has 0 spiro atoms. The van der Waals surface area contributed by atoms with E-state index in [1.165, 1.54) is 7.11 Å². The summed E-state index contributed by atoms with van der Waals surface area (Å²) in [7, 11) is 1.54. The highest BCUT2D eigenvalue weighted by atomic mass is 79.9. The smallest absolute Gasteiger partial charge is 0.259 e. The molecule has 0 radical (unpaired) electrons. The Morgan fingerprint density at radius 2 is 1.79 bits per heavy atom. The molecule has 0 fully saturated rings. The Bertz CT molecular complexity index is 775. The van der Waals surface area contributed by atoms with Gasteiger partial charge in [0.25, 0.3) is 5.91 Å². The van der Waals surface area contributed by atoms with E-state index in [0.29, 0.717) is 29.1 Å². The summed E-state index contributed by atoms with van der Waals surface area (Å²) >= 11 is 3.39. The van der Waals surface area contributed by atoms with Crippen molar-refractivity contribution in [3.8, 4) is 5.75 Å². The van der Waals surface area contributed by atoms with Gasteiger partial charge in [-0.25, -0.2) is 0 Å². The van der Waals surface area contributed by atoms with Gasteiger partial charge in [0.1, 0.15) is 5.75 Å². The summed E-state index contributed by atoms with van der Waals surface area (Å²) in [4.78, 5) is 24.1. The zero-order valence-corrected chi connectivity index (χ0v) is 15.4. The van der Waals surface area contributed by atoms with Gasteiger partial charge in [0.15, 0.2) is 0 Å². The van der Waals surface area contributed by atoms with E-state index in [0.717, 1.165) is 10.0 Å². The van der Waals surface area contributed by atoms with Crippen LogP contribution in [0.15, 0.2) is 40.9 Å². The number of hydrogen-bond acceptors (Lipinski definition) is 3. The molecule has 126 valence electrons. The third-order valence-corrected chi connectivity index (χ3v) is 3.87. The maximum atomic E-state index is 12.6. The third-order valence-electron chi connectivity index (χ3n) is 3.41. The Morgan fingerprint density at radius 3 is 2.42 bits per heavy atom. The van der Waals surface area contributed by atoms with Crippen LogP contribution >= 0.6 is 15.9 Å². The number of carbonyl (C=O) groups is 2. The molecule has 0 bridgehead atoms. The minimum Gasteiger partial charge on any atom is -0.496 e. The molecule has 5 nitrogen and oxygen atoms in total. The standard InChI is InChI=1S/C18H19BrN2O3/c1-4-16(22)20-13-6-5-7-14(10-13)21-18(23)15-9-12(19)8-11(2)17(15)24-3/h5-10H,4H2,1-3H3,(H,20,22)(H,21,23). The summed E-state index contributed by atoms with van der Waals surface area (Å²) in [5.74, 6) is 0.170. The summed E-state index contributed by atoms with van der Waals surface area (Å²) in [5, 5.41) is 5.59. The number of rotatable bonds is 5. The molecule has 6 heteroatoms. The Morgan fingerprint density at radius 1 is 1.12 bits per heavy atom. The number of hydrogen-bond donors (Lipinski definition) is 2. The Balaban J connectivity index is 2.24. The van der Waals surface area contributed by atoms with Crippen molar-refractivity contribution in [3.05, 3.63) is 52.0 Å². The van der Waals surface area contributed by atoms with Crippen LogP contribution in [0, 0.1) is 6.92 Å². The van der Waals surface area contributed by atoms with Gasteiger partial charge < -0.3 is 15.4 Å². The SMILES string of the molecule is CCC(=O)Nc1cccc(NC(=O)c2cc(Br)cc(C)c2OC)c1. The average molecular weight is 391 g/mol. The molecule has 0 aliphatic rings. The monoisotopic (exact) mass is 390 g/mol. The molecule has 0 heterocycles. The highest BCUT2D eigenvalue weighted by molar-refractivity contribution is 9.10. The van der Waals surface area contributed by atoms with Crippen LogP contribution in [-0.2, 0) is 4.79 Å². The molecular formula is C18H19BrN2O3. The number of amides is 2. The predicted molar refractivity (Wildman–Crippen MR) is 98.7 cm³/mol. The van der Waals surface area contributed by atoms with Crippen molar-refractivity contribution in [2.75, 3.05) is 17.7 Å². The number of methoxy groups -OCH3 is 1. The van der Waals surface area contributed by atoms with Crippen molar-refractivity contribution >= 4 is 39.1 Å². The average Bonchev–Trinajstić information content (AvgIpc) is 2.54. The molecule has 2 aromatic rings. The van der Waals surface area contributed by atoms with E-state index < -0.39 is 0 Å². The summed E-state index contributed by atoms with van der Waals surface area (Å²) in [6, 6.07) is 10.6. The van der Waals surface area contributed by atoms with Crippen LogP contribution in [0.5, 0.6) is 5.75 Å². The normalized spacial score (nSPS) is 10.2. The Labute approximate surface area is 149 Å². The Kier molecular flexibility index (Phi) is 5.98. The highest BCUT2D eigenvalue weighted by Crippen LogP contribution is 2.28. The molecule has 0 unspecified atom stereocenters. The molecule has 0 saturated heterocycles. The summed E-state index contributed by atoms with van der Waals surface area (Å²) in [6.45, 7) is 3.66. The first-order valence-corrected chi connectivity index (χ1v) is 8.29. The van der Waals surface area contributed by atoms with Gasteiger partial charge in [-0.1, -0.05) is 28.9 Å². The van der Waals surface area contributed by atoms with Crippen molar-refractivity contribution in [3.63, 3.8) is 0 Å². The van der Waals surface area contributed by atoms with Crippen LogP contribution < -0.4 is 15.4 Å². The topological polar surface area (TPSA) is 67.4 Å². The lowest BCUT2D eigenvalue weighted by molar-refractivity contribution is -0.115. The lowest BCUT2D eigenvalue weighted by Crippen LogP contribution is -2.14. The van der Waals surface area contributed by atoms with Crippen molar-refractivity contribution < 1.29 is 14.3 Å². The van der Waals surface area contributed by atoms with E-state index in [4.69, 9.17) is 4.74 Å². The molecule has 2 N–H and O–H groups in total. The van der Waals surface area contributed by atoms with E-state index >= 15 is 0 Å². The van der Waals surface area contributed by atoms with E-state index in [9.17, 15) is 9.59 Å². The molecule has 0 atom stereocenters. The van der Waals surface area contributed by atoms with Gasteiger partial charge in [-0.2, -0.15) is 0 Å². The largest absolute Gasteiger partial charge is 0.496 e. The molecular weight excluding hydrogens is 372 g/mol. The van der Waals surface area contributed by atoms with Crippen molar-refractivity contribution in [2.45, 2.75) is 20.3 Å². The minimum atomic E-state index is -0.282. The number of anilines is 2. The summed E-state index contributed by atoms with van der Waals surface area (Å²) in [5.41, 5.74) is 2.53. The van der Waals surface area contributed by atoms with Gasteiger partial charge in [0, 0.05) is 22.3 Å². The molecule has 2 rings (SSSR count). The first-order chi connectivity index (χ1) is 11.4. The quantitative estimate of drug-likeness (QED) is 0.796. The number of aryl methyl sites for hydroxylation is 1. The van der Waals surface area contributed by atoms with Gasteiger partial charge in [0.2, 0.25) is 5.91 Å². The molecule has 0 aromatic heterocycles. The maximum Gasteiger partial charge on any atom is 0.259 e. The van der Waals surface area contributed by atoms with Gasteiger partial charge in [-0.05, 0) is 42.8 Å². The van der Waals surface area contributed by atoms with E-state index in [2.05, 4.69) is 26.6 Å².